The number of aliphatic hydroxyl groups excluding tert-OH is 1. The van der Waals surface area contributed by atoms with E-state index in [1.165, 1.54) is 11.3 Å². The van der Waals surface area contributed by atoms with Gasteiger partial charge in [0.05, 0.1) is 12.1 Å². The van der Waals surface area contributed by atoms with Crippen molar-refractivity contribution in [2.24, 2.45) is 0 Å². The van der Waals surface area contributed by atoms with E-state index < -0.39 is 0 Å². The van der Waals surface area contributed by atoms with E-state index in [1.807, 2.05) is 0 Å². The molecule has 0 heterocycles. The second-order valence-corrected chi connectivity index (χ2v) is 5.52. The van der Waals surface area contributed by atoms with Crippen LogP contribution in [0.4, 0.5) is 5.69 Å². The Bertz CT molecular complexity index is 364. The number of nitrogens with one attached hydrogen (secondary N) is 1. The quantitative estimate of drug-likeness (QED) is 0.757. The summed E-state index contributed by atoms with van der Waals surface area (Å²) in [5.74, 6) is 0. The Labute approximate surface area is 117 Å². The molecule has 0 radical (unpaired) electrons. The summed E-state index contributed by atoms with van der Waals surface area (Å²) in [4.78, 5) is 2.19. The van der Waals surface area contributed by atoms with E-state index >= 15 is 0 Å². The van der Waals surface area contributed by atoms with Gasteiger partial charge in [-0.3, -0.25) is 0 Å². The molecular formula is C16H28N2O. The minimum atomic E-state index is -0.256. The monoisotopic (exact) mass is 264 g/mol. The molecule has 1 unspecified atom stereocenters. The third-order valence-electron chi connectivity index (χ3n) is 3.52. The average Bonchev–Trinajstić information content (AvgIpc) is 2.45. The first-order valence-corrected chi connectivity index (χ1v) is 7.20. The van der Waals surface area contributed by atoms with Crippen LogP contribution in [0.15, 0.2) is 24.3 Å². The standard InChI is InChI=1S/C16H28N2O/c1-5-11-17-16(3,13-19)12-18(4)15-9-7-14(6-2)8-10-15/h7-10,17,19H,5-6,11-13H2,1-4H3. The molecule has 1 aromatic rings. The Kier molecular flexibility index (Phi) is 6.32. The molecule has 0 amide bonds. The van der Waals surface area contributed by atoms with Crippen LogP contribution in [0, 0.1) is 0 Å². The largest absolute Gasteiger partial charge is 0.394 e. The summed E-state index contributed by atoms with van der Waals surface area (Å²) < 4.78 is 0. The summed E-state index contributed by atoms with van der Waals surface area (Å²) in [5.41, 5.74) is 2.29. The SMILES string of the molecule is CCCNC(C)(CO)CN(C)c1ccc(CC)cc1. The summed E-state index contributed by atoms with van der Waals surface area (Å²) in [7, 11) is 2.07. The molecule has 3 heteroatoms. The van der Waals surface area contributed by atoms with Gasteiger partial charge in [0.1, 0.15) is 0 Å². The molecule has 1 aromatic carbocycles. The number of aryl methyl sites for hydroxylation is 1. The van der Waals surface area contributed by atoms with Crippen molar-refractivity contribution < 1.29 is 5.11 Å². The van der Waals surface area contributed by atoms with Gasteiger partial charge in [-0.2, -0.15) is 0 Å². The molecule has 1 atom stereocenters. The van der Waals surface area contributed by atoms with Crippen LogP contribution >= 0.6 is 0 Å². The molecule has 1 rings (SSSR count). The number of anilines is 1. The molecule has 0 aliphatic heterocycles. The van der Waals surface area contributed by atoms with Gasteiger partial charge in [0.2, 0.25) is 0 Å². The third kappa shape index (κ3) is 4.84. The molecule has 0 saturated heterocycles. The Morgan fingerprint density at radius 1 is 1.21 bits per heavy atom. The first kappa shape index (κ1) is 16.0. The minimum Gasteiger partial charge on any atom is -0.394 e. The first-order chi connectivity index (χ1) is 9.04. The van der Waals surface area contributed by atoms with Gasteiger partial charge in [-0.05, 0) is 44.0 Å². The molecule has 0 saturated carbocycles. The van der Waals surface area contributed by atoms with Gasteiger partial charge in [-0.15, -0.1) is 0 Å². The van der Waals surface area contributed by atoms with Crippen molar-refractivity contribution in [3.63, 3.8) is 0 Å². The van der Waals surface area contributed by atoms with Gasteiger partial charge >= 0.3 is 0 Å². The Morgan fingerprint density at radius 3 is 2.32 bits per heavy atom. The third-order valence-corrected chi connectivity index (χ3v) is 3.52. The van der Waals surface area contributed by atoms with E-state index in [4.69, 9.17) is 0 Å². The van der Waals surface area contributed by atoms with Crippen LogP contribution in [-0.2, 0) is 6.42 Å². The highest BCUT2D eigenvalue weighted by Gasteiger charge is 2.24. The second-order valence-electron chi connectivity index (χ2n) is 5.52. The Morgan fingerprint density at radius 2 is 1.84 bits per heavy atom. The zero-order chi connectivity index (χ0) is 14.3. The fourth-order valence-electron chi connectivity index (χ4n) is 2.19. The van der Waals surface area contributed by atoms with Crippen LogP contribution in [-0.4, -0.2) is 37.4 Å². The molecule has 19 heavy (non-hydrogen) atoms. The lowest BCUT2D eigenvalue weighted by Crippen LogP contribution is -2.53. The van der Waals surface area contributed by atoms with Gasteiger partial charge in [0.15, 0.2) is 0 Å². The number of hydrogen-bond acceptors (Lipinski definition) is 3. The molecule has 0 fully saturated rings. The second kappa shape index (κ2) is 7.51. The van der Waals surface area contributed by atoms with Gasteiger partial charge in [0, 0.05) is 19.3 Å². The highest BCUT2D eigenvalue weighted by molar-refractivity contribution is 5.47. The highest BCUT2D eigenvalue weighted by Crippen LogP contribution is 2.17. The maximum absolute atomic E-state index is 9.60. The average molecular weight is 264 g/mol. The van der Waals surface area contributed by atoms with Gasteiger partial charge in [-0.25, -0.2) is 0 Å². The van der Waals surface area contributed by atoms with Crippen molar-refractivity contribution in [1.82, 2.24) is 5.32 Å². The number of nitrogens with zero attached hydrogens (tertiary/aromatic N) is 1. The van der Waals surface area contributed by atoms with Crippen molar-refractivity contribution >= 4 is 5.69 Å². The maximum Gasteiger partial charge on any atom is 0.0627 e. The van der Waals surface area contributed by atoms with Crippen molar-refractivity contribution in [3.05, 3.63) is 29.8 Å². The van der Waals surface area contributed by atoms with Crippen LogP contribution in [0.3, 0.4) is 0 Å². The molecule has 108 valence electrons. The lowest BCUT2D eigenvalue weighted by atomic mass is 10.0. The lowest BCUT2D eigenvalue weighted by Gasteiger charge is -2.34. The Balaban J connectivity index is 2.67. The van der Waals surface area contributed by atoms with Crippen molar-refractivity contribution in [1.29, 1.82) is 0 Å². The van der Waals surface area contributed by atoms with Crippen molar-refractivity contribution in [3.8, 4) is 0 Å². The molecule has 0 aliphatic rings. The molecule has 0 bridgehead atoms. The van der Waals surface area contributed by atoms with E-state index in [0.717, 1.165) is 25.9 Å². The van der Waals surface area contributed by atoms with Crippen molar-refractivity contribution in [2.45, 2.75) is 39.2 Å². The fraction of sp³-hybridized carbons (Fsp3) is 0.625. The summed E-state index contributed by atoms with van der Waals surface area (Å²) in [6.07, 6.45) is 2.14. The zero-order valence-corrected chi connectivity index (χ0v) is 12.7. The van der Waals surface area contributed by atoms with Gasteiger partial charge in [-0.1, -0.05) is 26.0 Å². The van der Waals surface area contributed by atoms with E-state index in [2.05, 4.69) is 62.3 Å². The summed E-state index contributed by atoms with van der Waals surface area (Å²) in [6, 6.07) is 8.63. The fourth-order valence-corrected chi connectivity index (χ4v) is 2.19. The van der Waals surface area contributed by atoms with Crippen LogP contribution in [0.5, 0.6) is 0 Å². The molecule has 0 aliphatic carbocycles. The lowest BCUT2D eigenvalue weighted by molar-refractivity contribution is 0.179. The predicted octanol–water partition coefficient (Wildman–Crippen LogP) is 2.44. The van der Waals surface area contributed by atoms with E-state index in [0.29, 0.717) is 0 Å². The number of rotatable bonds is 8. The number of benzene rings is 1. The molecule has 3 nitrogen and oxygen atoms in total. The normalized spacial score (nSPS) is 14.2. The predicted molar refractivity (Wildman–Crippen MR) is 82.9 cm³/mol. The van der Waals surface area contributed by atoms with Gasteiger partial charge in [0.25, 0.3) is 0 Å². The molecule has 0 spiro atoms. The summed E-state index contributed by atoms with van der Waals surface area (Å²) >= 11 is 0. The minimum absolute atomic E-state index is 0.143. The smallest absolute Gasteiger partial charge is 0.0627 e. The highest BCUT2D eigenvalue weighted by atomic mass is 16.3. The number of hydrogen-bond donors (Lipinski definition) is 2. The number of aliphatic hydroxyl groups is 1. The van der Waals surface area contributed by atoms with Crippen LogP contribution in [0.2, 0.25) is 0 Å². The molecular weight excluding hydrogens is 236 g/mol. The maximum atomic E-state index is 9.60. The topological polar surface area (TPSA) is 35.5 Å². The number of likely N-dealkylation sites (N-methyl/N-ethyl adjacent to an activating group) is 1. The van der Waals surface area contributed by atoms with Crippen LogP contribution < -0.4 is 10.2 Å². The van der Waals surface area contributed by atoms with Gasteiger partial charge < -0.3 is 15.3 Å². The van der Waals surface area contributed by atoms with E-state index in [9.17, 15) is 5.11 Å². The van der Waals surface area contributed by atoms with E-state index in [-0.39, 0.29) is 12.1 Å². The molecule has 0 aromatic heterocycles. The Hall–Kier alpha value is -1.06. The molecule has 2 N–H and O–H groups in total. The van der Waals surface area contributed by atoms with Crippen LogP contribution in [0.25, 0.3) is 0 Å². The summed E-state index contributed by atoms with van der Waals surface area (Å²) in [5, 5.41) is 13.0. The van der Waals surface area contributed by atoms with Crippen molar-refractivity contribution in [2.75, 3.05) is 31.6 Å². The zero-order valence-electron chi connectivity index (χ0n) is 12.7. The first-order valence-electron chi connectivity index (χ1n) is 7.20. The summed E-state index contributed by atoms with van der Waals surface area (Å²) in [6.45, 7) is 8.23. The van der Waals surface area contributed by atoms with E-state index in [1.54, 1.807) is 0 Å². The van der Waals surface area contributed by atoms with Crippen LogP contribution in [0.1, 0.15) is 32.8 Å².